The van der Waals surface area contributed by atoms with E-state index in [0.29, 0.717) is 82.6 Å². The molecule has 3 fully saturated rings. The highest BCUT2D eigenvalue weighted by Crippen LogP contribution is 2.38. The molecule has 0 spiro atoms. The minimum atomic E-state index is -2.40. The molecule has 2 saturated heterocycles. The van der Waals surface area contributed by atoms with Crippen LogP contribution in [-0.4, -0.2) is 130 Å². The molecule has 4 aliphatic rings. The number of Topliss-reactive ketones (excluding diaryl/α,β-unsaturated/α-hetero) is 2. The van der Waals surface area contributed by atoms with Crippen molar-refractivity contribution in [2.45, 2.75) is 192 Å². The number of esters is 1. The number of fused-ring (bicyclic) bond motifs is 3. The van der Waals surface area contributed by atoms with Crippen molar-refractivity contribution in [1.29, 1.82) is 0 Å². The summed E-state index contributed by atoms with van der Waals surface area (Å²) in [6.07, 6.45) is 18.2. The Kier molecular flexibility index (Phi) is 22.0. The van der Waals surface area contributed by atoms with Gasteiger partial charge in [-0.05, 0) is 139 Å². The van der Waals surface area contributed by atoms with Crippen molar-refractivity contribution in [3.05, 3.63) is 72.1 Å². The number of rotatable bonds is 7. The van der Waals surface area contributed by atoms with Crippen molar-refractivity contribution < 1.29 is 53.4 Å². The maximum Gasteiger partial charge on any atom is 0.329 e. The molecule has 1 aromatic rings. The van der Waals surface area contributed by atoms with Gasteiger partial charge in [-0.1, -0.05) is 69.7 Å². The van der Waals surface area contributed by atoms with E-state index in [1.54, 1.807) is 39.4 Å². The second kappa shape index (κ2) is 27.1. The lowest BCUT2D eigenvalue weighted by Crippen LogP contribution is -2.61. The minimum absolute atomic E-state index is 0.0541. The monoisotopic (exact) mass is 977 g/mol. The standard InChI is InChI=1S/C55H84N4O11/c1-34-14-10-9-11-15-35(2)29-43(58-42-23-25-57-26-24-42)33-44-20-17-39(6)55(66,70-44)52(63)53(64)59-27-13-12-16-45(59)54(65)69-47(36(3)30-40-18-21-46(60)48(32-40)67-7)22-19-41(56)31-38(5)50(62)51(68-8)49(61)37(4)28-34/h9-11,14-15,23-26,31,34,36-37,39-41,43-48,50-51,60,62,66H,12-13,16-22,27-30,32-33,56H2,1-8H3,(H,57,58)/b11-9+,14-10+,35-15+,38-31+/t34-,36-,37?,39?,40?,41+,43+,44+,45?,46-,47+,48?,50?,51+,55?/m1/s1. The molecule has 7 unspecified atom stereocenters. The van der Waals surface area contributed by atoms with E-state index in [9.17, 15) is 34.5 Å². The molecule has 0 aromatic carbocycles. The number of carbonyl (C=O) groups is 4. The van der Waals surface area contributed by atoms with Crippen LogP contribution in [0.2, 0.25) is 0 Å². The molecule has 4 heterocycles. The number of carbonyl (C=O) groups excluding carboxylic acids is 4. The predicted molar refractivity (Wildman–Crippen MR) is 269 cm³/mol. The second-order valence-electron chi connectivity index (χ2n) is 21.0. The molecule has 5 rings (SSSR count). The summed E-state index contributed by atoms with van der Waals surface area (Å²) in [5.41, 5.74) is 9.11. The van der Waals surface area contributed by atoms with Gasteiger partial charge in [-0.25, -0.2) is 4.79 Å². The lowest BCUT2D eigenvalue weighted by Gasteiger charge is -2.43. The van der Waals surface area contributed by atoms with E-state index < -0.39 is 77.9 Å². The summed E-state index contributed by atoms with van der Waals surface area (Å²) >= 11 is 0. The fourth-order valence-corrected chi connectivity index (χ4v) is 11.0. The maximum absolute atomic E-state index is 14.5. The average Bonchev–Trinajstić information content (AvgIpc) is 3.33. The number of amides is 1. The molecule has 1 amide bonds. The van der Waals surface area contributed by atoms with Crippen LogP contribution in [0.4, 0.5) is 5.69 Å². The molecule has 2 bridgehead atoms. The molecule has 15 heteroatoms. The van der Waals surface area contributed by atoms with Crippen molar-refractivity contribution in [2.24, 2.45) is 35.3 Å². The zero-order chi connectivity index (χ0) is 51.1. The first-order chi connectivity index (χ1) is 33.3. The van der Waals surface area contributed by atoms with Gasteiger partial charge in [-0.2, -0.15) is 0 Å². The highest BCUT2D eigenvalue weighted by atomic mass is 16.6. The van der Waals surface area contributed by atoms with Crippen molar-refractivity contribution in [3.63, 3.8) is 0 Å². The molecule has 3 aliphatic heterocycles. The van der Waals surface area contributed by atoms with Crippen LogP contribution in [0.3, 0.4) is 0 Å². The SMILES string of the molecule is COC1CC(C[C@@H](C)[C@@H]2CC[C@H](N)/C=C(\C)C(O)[C@@H](OC)C(=O)C(C)C[C@H](C)/C=C/C=C/C=C(\C)C[C@H](Nc3ccncc3)C[C@@H]3CCC(C)C(O)(O3)C(=O)C(=O)N3CCCCC3C(=O)O2)CC[C@H]1O. The van der Waals surface area contributed by atoms with E-state index in [4.69, 9.17) is 24.7 Å². The number of aliphatic hydroxyl groups is 3. The normalized spacial score (nSPS) is 38.4. The van der Waals surface area contributed by atoms with Crippen LogP contribution < -0.4 is 11.1 Å². The number of piperidine rings is 1. The fourth-order valence-electron chi connectivity index (χ4n) is 11.0. The van der Waals surface area contributed by atoms with Gasteiger partial charge in [0.15, 0.2) is 5.78 Å². The Morgan fingerprint density at radius 2 is 1.66 bits per heavy atom. The van der Waals surface area contributed by atoms with Crippen LogP contribution in [0.5, 0.6) is 0 Å². The Morgan fingerprint density at radius 3 is 2.37 bits per heavy atom. The largest absolute Gasteiger partial charge is 0.461 e. The van der Waals surface area contributed by atoms with Crippen LogP contribution in [0.25, 0.3) is 0 Å². The smallest absolute Gasteiger partial charge is 0.329 e. The highest BCUT2D eigenvalue weighted by Gasteiger charge is 2.53. The molecule has 1 saturated carbocycles. The molecule has 6 N–H and O–H groups in total. The van der Waals surface area contributed by atoms with Gasteiger partial charge in [0.1, 0.15) is 24.4 Å². The van der Waals surface area contributed by atoms with Crippen molar-refractivity contribution in [2.75, 3.05) is 26.1 Å². The summed E-state index contributed by atoms with van der Waals surface area (Å²) in [6, 6.07) is 1.92. The first-order valence-electron chi connectivity index (χ1n) is 25.9. The summed E-state index contributed by atoms with van der Waals surface area (Å²) in [7, 11) is 3.01. The van der Waals surface area contributed by atoms with E-state index in [2.05, 4.69) is 10.3 Å². The Bertz CT molecular complexity index is 1990. The summed E-state index contributed by atoms with van der Waals surface area (Å²) < 4.78 is 24.0. The summed E-state index contributed by atoms with van der Waals surface area (Å²) in [6.45, 7) is 11.5. The number of anilines is 1. The lowest BCUT2D eigenvalue weighted by molar-refractivity contribution is -0.264. The number of hydrogen-bond acceptors (Lipinski definition) is 14. The van der Waals surface area contributed by atoms with Gasteiger partial charge in [-0.3, -0.25) is 19.4 Å². The van der Waals surface area contributed by atoms with Crippen LogP contribution in [-0.2, 0) is 38.1 Å². The van der Waals surface area contributed by atoms with Crippen LogP contribution in [0.1, 0.15) is 131 Å². The molecule has 390 valence electrons. The molecular weight excluding hydrogens is 893 g/mol. The molecule has 70 heavy (non-hydrogen) atoms. The Morgan fingerprint density at radius 1 is 0.914 bits per heavy atom. The number of allylic oxidation sites excluding steroid dienone is 5. The second-order valence-corrected chi connectivity index (χ2v) is 21.0. The first-order valence-corrected chi connectivity index (χ1v) is 25.9. The summed E-state index contributed by atoms with van der Waals surface area (Å²) in [5, 5.41) is 37.7. The van der Waals surface area contributed by atoms with Gasteiger partial charge in [0, 0.05) is 62.8 Å². The molecule has 1 aliphatic carbocycles. The maximum atomic E-state index is 14.5. The van der Waals surface area contributed by atoms with E-state index in [1.165, 1.54) is 12.0 Å². The van der Waals surface area contributed by atoms with Crippen LogP contribution >= 0.6 is 0 Å². The quantitative estimate of drug-likeness (QED) is 0.106. The molecule has 15 nitrogen and oxygen atoms in total. The Hall–Kier alpha value is -4.09. The van der Waals surface area contributed by atoms with Crippen molar-refractivity contribution >= 4 is 29.1 Å². The van der Waals surface area contributed by atoms with Crippen molar-refractivity contribution in [1.82, 2.24) is 9.88 Å². The topological polar surface area (TPSA) is 220 Å². The minimum Gasteiger partial charge on any atom is -0.461 e. The number of pyridine rings is 1. The Balaban J connectivity index is 1.46. The van der Waals surface area contributed by atoms with Gasteiger partial charge in [0.05, 0.1) is 18.3 Å². The fraction of sp³-hybridized carbons (Fsp3) is 0.691. The zero-order valence-corrected chi connectivity index (χ0v) is 43.0. The van der Waals surface area contributed by atoms with E-state index in [1.807, 2.05) is 70.2 Å². The van der Waals surface area contributed by atoms with Gasteiger partial charge in [0.25, 0.3) is 11.7 Å². The zero-order valence-electron chi connectivity index (χ0n) is 43.0. The lowest BCUT2D eigenvalue weighted by atomic mass is 9.78. The average molecular weight is 977 g/mol. The van der Waals surface area contributed by atoms with Gasteiger partial charge in [-0.15, -0.1) is 0 Å². The molecule has 0 radical (unpaired) electrons. The highest BCUT2D eigenvalue weighted by molar-refractivity contribution is 6.39. The van der Waals surface area contributed by atoms with Gasteiger partial charge in [0.2, 0.25) is 5.79 Å². The third kappa shape index (κ3) is 15.7. The number of nitrogens with two attached hydrogens (primary N) is 1. The molecular formula is C55H84N4O11. The van der Waals surface area contributed by atoms with Gasteiger partial charge < -0.3 is 50.2 Å². The number of ether oxygens (including phenoxy) is 4. The first kappa shape index (κ1) is 56.8. The third-order valence-corrected chi connectivity index (χ3v) is 15.2. The number of hydrogen-bond donors (Lipinski definition) is 5. The Labute approximate surface area is 416 Å². The number of ketones is 2. The van der Waals surface area contributed by atoms with E-state index >= 15 is 0 Å². The van der Waals surface area contributed by atoms with E-state index in [0.717, 1.165) is 17.7 Å². The van der Waals surface area contributed by atoms with Crippen LogP contribution in [0, 0.1) is 29.6 Å². The predicted octanol–water partition coefficient (Wildman–Crippen LogP) is 6.94. The third-order valence-electron chi connectivity index (χ3n) is 15.2. The number of aromatic nitrogens is 1. The number of cyclic esters (lactones) is 1. The summed E-state index contributed by atoms with van der Waals surface area (Å²) in [4.78, 5) is 62.5. The molecule has 1 aromatic heterocycles. The molecule has 15 atom stereocenters. The summed E-state index contributed by atoms with van der Waals surface area (Å²) in [5.74, 6) is -6.31. The van der Waals surface area contributed by atoms with E-state index in [-0.39, 0.29) is 48.6 Å². The number of methoxy groups -OCH3 is 2. The number of aliphatic hydroxyl groups excluding tert-OH is 2. The number of nitrogens with zero attached hydrogens (tertiary/aromatic N) is 2. The van der Waals surface area contributed by atoms with Crippen LogP contribution in [0.15, 0.2) is 72.1 Å². The van der Waals surface area contributed by atoms with Gasteiger partial charge >= 0.3 is 5.97 Å². The van der Waals surface area contributed by atoms with Crippen molar-refractivity contribution in [3.8, 4) is 0 Å². The number of nitrogens with one attached hydrogen (secondary N) is 1.